The second-order valence-electron chi connectivity index (χ2n) is 5.05. The Hall–Kier alpha value is -1.35. The van der Waals surface area contributed by atoms with Crippen molar-refractivity contribution in [3.63, 3.8) is 0 Å². The van der Waals surface area contributed by atoms with Crippen molar-refractivity contribution in [2.75, 3.05) is 6.61 Å². The van der Waals surface area contributed by atoms with Gasteiger partial charge in [-0.05, 0) is 44.9 Å². The lowest BCUT2D eigenvalue weighted by molar-refractivity contribution is -0.140. The van der Waals surface area contributed by atoms with Crippen molar-refractivity contribution >= 4 is 5.97 Å². The van der Waals surface area contributed by atoms with Crippen LogP contribution in [-0.2, 0) is 9.53 Å². The number of carboxylic acids is 1. The molecule has 0 fully saturated rings. The third kappa shape index (κ3) is 9.56. The van der Waals surface area contributed by atoms with E-state index in [0.717, 1.165) is 44.9 Å². The molecule has 1 N–H and O–H groups in total. The number of hydrogen-bond acceptors (Lipinski definition) is 2. The average molecular weight is 278 g/mol. The molecule has 1 aliphatic heterocycles. The van der Waals surface area contributed by atoms with E-state index in [1.54, 1.807) is 0 Å². The molecule has 112 valence electrons. The fraction of sp³-hybridized carbons (Fsp3) is 0.588. The van der Waals surface area contributed by atoms with E-state index in [1.165, 1.54) is 0 Å². The predicted molar refractivity (Wildman–Crippen MR) is 81.7 cm³/mol. The summed E-state index contributed by atoms with van der Waals surface area (Å²) in [5.74, 6) is -0.778. The van der Waals surface area contributed by atoms with Crippen molar-refractivity contribution in [3.05, 3.63) is 36.5 Å². The monoisotopic (exact) mass is 278 g/mol. The summed E-state index contributed by atoms with van der Waals surface area (Å²) in [7, 11) is 0. The van der Waals surface area contributed by atoms with Gasteiger partial charge in [0.25, 0.3) is 0 Å². The van der Waals surface area contributed by atoms with Gasteiger partial charge in [0.15, 0.2) is 0 Å². The second kappa shape index (κ2) is 11.5. The molecule has 1 atom stereocenters. The SMILES string of the molecule is O=C(O)CC1CC/C=C\C/C=C\C/C=C/CCCCO1. The highest BCUT2D eigenvalue weighted by Gasteiger charge is 2.12. The van der Waals surface area contributed by atoms with Gasteiger partial charge < -0.3 is 9.84 Å². The summed E-state index contributed by atoms with van der Waals surface area (Å²) in [6, 6.07) is 0. The molecule has 1 unspecified atom stereocenters. The van der Waals surface area contributed by atoms with E-state index >= 15 is 0 Å². The molecule has 0 saturated carbocycles. The highest BCUT2D eigenvalue weighted by molar-refractivity contribution is 5.67. The molecule has 0 saturated heterocycles. The molecule has 3 nitrogen and oxygen atoms in total. The van der Waals surface area contributed by atoms with Crippen LogP contribution in [0.1, 0.15) is 51.4 Å². The molecule has 0 spiro atoms. The lowest BCUT2D eigenvalue weighted by atomic mass is 10.1. The Kier molecular flexibility index (Phi) is 9.58. The summed E-state index contributed by atoms with van der Waals surface area (Å²) < 4.78 is 5.70. The van der Waals surface area contributed by atoms with Crippen LogP contribution in [0.25, 0.3) is 0 Å². The maximum Gasteiger partial charge on any atom is 0.305 e. The lowest BCUT2D eigenvalue weighted by Gasteiger charge is -2.15. The Morgan fingerprint density at radius 1 is 1.00 bits per heavy atom. The minimum absolute atomic E-state index is 0.105. The first-order valence-corrected chi connectivity index (χ1v) is 7.57. The summed E-state index contributed by atoms with van der Waals surface area (Å²) in [6.45, 7) is 0.662. The normalized spacial score (nSPS) is 27.5. The molecule has 1 aliphatic rings. The number of carbonyl (C=O) groups is 1. The summed E-state index contributed by atoms with van der Waals surface area (Å²) in [5, 5.41) is 8.89. The summed E-state index contributed by atoms with van der Waals surface area (Å²) >= 11 is 0. The van der Waals surface area contributed by atoms with Gasteiger partial charge in [-0.2, -0.15) is 0 Å². The molecule has 20 heavy (non-hydrogen) atoms. The van der Waals surface area contributed by atoms with E-state index in [2.05, 4.69) is 36.5 Å². The lowest BCUT2D eigenvalue weighted by Crippen LogP contribution is -2.18. The largest absolute Gasteiger partial charge is 0.481 e. The first-order chi connectivity index (χ1) is 9.79. The highest BCUT2D eigenvalue weighted by atomic mass is 16.5. The van der Waals surface area contributed by atoms with Crippen molar-refractivity contribution in [2.24, 2.45) is 0 Å². The zero-order valence-electron chi connectivity index (χ0n) is 12.2. The molecule has 0 amide bonds. The quantitative estimate of drug-likeness (QED) is 0.768. The molecule has 0 aromatic carbocycles. The average Bonchev–Trinajstić information content (AvgIpc) is 2.40. The maximum atomic E-state index is 10.8. The van der Waals surface area contributed by atoms with E-state index < -0.39 is 5.97 Å². The van der Waals surface area contributed by atoms with Gasteiger partial charge in [0, 0.05) is 6.61 Å². The van der Waals surface area contributed by atoms with Crippen LogP contribution in [0.2, 0.25) is 0 Å². The van der Waals surface area contributed by atoms with Crippen LogP contribution in [0.4, 0.5) is 0 Å². The summed E-state index contributed by atoms with van der Waals surface area (Å²) in [6.07, 6.45) is 19.7. The molecule has 1 rings (SSSR count). The maximum absolute atomic E-state index is 10.8. The smallest absolute Gasteiger partial charge is 0.305 e. The van der Waals surface area contributed by atoms with Gasteiger partial charge in [-0.1, -0.05) is 36.5 Å². The fourth-order valence-corrected chi connectivity index (χ4v) is 2.11. The van der Waals surface area contributed by atoms with E-state index in [4.69, 9.17) is 9.84 Å². The zero-order chi connectivity index (χ0) is 14.5. The third-order valence-corrected chi connectivity index (χ3v) is 3.22. The molecule has 0 aromatic rings. The Labute approximate surface area is 122 Å². The number of aliphatic carboxylic acids is 1. The van der Waals surface area contributed by atoms with Crippen LogP contribution in [0.3, 0.4) is 0 Å². The Bertz CT molecular complexity index is 342. The van der Waals surface area contributed by atoms with Gasteiger partial charge in [-0.15, -0.1) is 0 Å². The van der Waals surface area contributed by atoms with E-state index in [9.17, 15) is 4.79 Å². The van der Waals surface area contributed by atoms with Gasteiger partial charge in [-0.3, -0.25) is 4.79 Å². The zero-order valence-corrected chi connectivity index (χ0v) is 12.2. The highest BCUT2D eigenvalue weighted by Crippen LogP contribution is 2.10. The number of hydrogen-bond donors (Lipinski definition) is 1. The van der Waals surface area contributed by atoms with Crippen LogP contribution in [0, 0.1) is 0 Å². The van der Waals surface area contributed by atoms with Gasteiger partial charge in [0.1, 0.15) is 0 Å². The molecular weight excluding hydrogens is 252 g/mol. The van der Waals surface area contributed by atoms with E-state index in [0.29, 0.717) is 6.61 Å². The summed E-state index contributed by atoms with van der Waals surface area (Å²) in [5.41, 5.74) is 0. The number of allylic oxidation sites excluding steroid dienone is 6. The standard InChI is InChI=1S/C17H26O3/c18-17(19)15-16-13-11-9-7-5-3-1-2-4-6-8-10-12-14-20-16/h1,3-4,6-7,9,16H,2,5,8,10-15H2,(H,18,19)/b3-1-,6-4+,9-7-. The van der Waals surface area contributed by atoms with Crippen LogP contribution >= 0.6 is 0 Å². The second-order valence-corrected chi connectivity index (χ2v) is 5.05. The number of rotatable bonds is 2. The molecule has 1 heterocycles. The van der Waals surface area contributed by atoms with Crippen molar-refractivity contribution in [1.29, 1.82) is 0 Å². The molecule has 0 aliphatic carbocycles. The number of ether oxygens (including phenoxy) is 1. The molecule has 3 heteroatoms. The Morgan fingerprint density at radius 3 is 2.35 bits per heavy atom. The fourth-order valence-electron chi connectivity index (χ4n) is 2.11. The minimum Gasteiger partial charge on any atom is -0.481 e. The van der Waals surface area contributed by atoms with Crippen molar-refractivity contribution < 1.29 is 14.6 Å². The van der Waals surface area contributed by atoms with E-state index in [1.807, 2.05) is 0 Å². The van der Waals surface area contributed by atoms with Crippen LogP contribution in [-0.4, -0.2) is 23.8 Å². The van der Waals surface area contributed by atoms with Gasteiger partial charge in [0.2, 0.25) is 0 Å². The first-order valence-electron chi connectivity index (χ1n) is 7.57. The van der Waals surface area contributed by atoms with Crippen molar-refractivity contribution in [2.45, 2.75) is 57.5 Å². The topological polar surface area (TPSA) is 46.5 Å². The minimum atomic E-state index is -0.778. The van der Waals surface area contributed by atoms with Gasteiger partial charge >= 0.3 is 5.97 Å². The van der Waals surface area contributed by atoms with Gasteiger partial charge in [0.05, 0.1) is 12.5 Å². The molecule has 0 radical (unpaired) electrons. The number of carboxylic acid groups (broad SMARTS) is 1. The van der Waals surface area contributed by atoms with Crippen LogP contribution in [0.5, 0.6) is 0 Å². The van der Waals surface area contributed by atoms with Crippen LogP contribution < -0.4 is 0 Å². The van der Waals surface area contributed by atoms with Crippen molar-refractivity contribution in [1.82, 2.24) is 0 Å². The Balaban J connectivity index is 2.43. The molecule has 0 bridgehead atoms. The molecule has 0 aromatic heterocycles. The van der Waals surface area contributed by atoms with Crippen LogP contribution in [0.15, 0.2) is 36.5 Å². The molecular formula is C17H26O3. The summed E-state index contributed by atoms with van der Waals surface area (Å²) in [4.78, 5) is 10.8. The Morgan fingerprint density at radius 2 is 1.65 bits per heavy atom. The van der Waals surface area contributed by atoms with E-state index in [-0.39, 0.29) is 12.5 Å². The van der Waals surface area contributed by atoms with Crippen molar-refractivity contribution in [3.8, 4) is 0 Å². The third-order valence-electron chi connectivity index (χ3n) is 3.22. The van der Waals surface area contributed by atoms with Gasteiger partial charge in [-0.25, -0.2) is 0 Å². The predicted octanol–water partition coefficient (Wildman–Crippen LogP) is 4.26. The first kappa shape index (κ1) is 16.7.